The molecule has 3 aliphatic rings. The van der Waals surface area contributed by atoms with Crippen molar-refractivity contribution < 1.29 is 13.2 Å². The van der Waals surface area contributed by atoms with Crippen molar-refractivity contribution in [2.24, 2.45) is 5.14 Å². The molecule has 1 aromatic heterocycles. The summed E-state index contributed by atoms with van der Waals surface area (Å²) in [5, 5.41) is 5.31. The molecule has 3 saturated heterocycles. The van der Waals surface area contributed by atoms with Gasteiger partial charge in [-0.2, -0.15) is 0 Å². The molecule has 45 heavy (non-hydrogen) atoms. The number of nitrogens with two attached hydrogens (primary N) is 1. The van der Waals surface area contributed by atoms with Gasteiger partial charge in [0.05, 0.1) is 15.9 Å². The number of benzene rings is 3. The lowest BCUT2D eigenvalue weighted by molar-refractivity contribution is 0.0606. The van der Waals surface area contributed by atoms with Gasteiger partial charge in [0, 0.05) is 36.8 Å². The molecular formula is C36H43N5O3S. The highest BCUT2D eigenvalue weighted by Gasteiger charge is 2.44. The number of piperidine rings is 2. The van der Waals surface area contributed by atoms with Crippen LogP contribution in [0.5, 0.6) is 0 Å². The molecule has 0 saturated carbocycles. The predicted octanol–water partition coefficient (Wildman–Crippen LogP) is 5.73. The number of likely N-dealkylation sites (tertiary alicyclic amines) is 1. The second-order valence-corrected chi connectivity index (χ2v) is 15.0. The molecule has 1 amide bonds. The zero-order chi connectivity index (χ0) is 31.3. The molecule has 0 aliphatic carbocycles. The Labute approximate surface area is 266 Å². The number of nitrogens with zero attached hydrogens (tertiary/aromatic N) is 4. The van der Waals surface area contributed by atoms with E-state index in [1.807, 2.05) is 4.90 Å². The number of carbonyl (C=O) groups is 1. The number of amides is 1. The summed E-state index contributed by atoms with van der Waals surface area (Å²) in [6.07, 6.45) is 7.75. The number of rotatable bonds is 7. The van der Waals surface area contributed by atoms with E-state index in [1.54, 1.807) is 13.0 Å². The van der Waals surface area contributed by atoms with Crippen LogP contribution in [0.3, 0.4) is 0 Å². The fraction of sp³-hybridized carbons (Fsp3) is 0.444. The standard InChI is InChI=1S/C36H43N5O3S/c1-25-22-31(45(37,43)44)14-15-32(25)35(42)39-19-16-36(17-20-39,27-8-4-3-5-9-27)18-21-40-28-12-13-29(40)24-30(23-28)41-26(2)38-33-10-6-7-11-34(33)41/h3-11,14-15,22,28-30H,12-13,16-21,23-24H2,1-2H3,(H2,37,43,44)/t28-,29+,30?. The van der Waals surface area contributed by atoms with Gasteiger partial charge in [-0.25, -0.2) is 18.5 Å². The molecule has 2 bridgehead atoms. The topological polar surface area (TPSA) is 102 Å². The molecule has 7 rings (SSSR count). The highest BCUT2D eigenvalue weighted by atomic mass is 32.2. The van der Waals surface area contributed by atoms with Crippen molar-refractivity contribution in [3.63, 3.8) is 0 Å². The van der Waals surface area contributed by atoms with Crippen LogP contribution in [-0.4, -0.2) is 65.4 Å². The highest BCUT2D eigenvalue weighted by Crippen LogP contribution is 2.45. The summed E-state index contributed by atoms with van der Waals surface area (Å²) in [7, 11) is -3.82. The lowest BCUT2D eigenvalue weighted by atomic mass is 9.70. The number of hydrogen-bond acceptors (Lipinski definition) is 5. The van der Waals surface area contributed by atoms with Gasteiger partial charge in [-0.15, -0.1) is 0 Å². The van der Waals surface area contributed by atoms with Crippen LogP contribution in [0.1, 0.15) is 78.3 Å². The monoisotopic (exact) mass is 625 g/mol. The normalized spacial score (nSPS) is 23.4. The van der Waals surface area contributed by atoms with E-state index in [9.17, 15) is 13.2 Å². The van der Waals surface area contributed by atoms with Crippen LogP contribution in [0.4, 0.5) is 0 Å². The van der Waals surface area contributed by atoms with E-state index in [0.29, 0.717) is 42.3 Å². The number of hydrogen-bond donors (Lipinski definition) is 1. The largest absolute Gasteiger partial charge is 0.339 e. The molecular weight excluding hydrogens is 582 g/mol. The van der Waals surface area contributed by atoms with Crippen LogP contribution < -0.4 is 5.14 Å². The van der Waals surface area contributed by atoms with E-state index < -0.39 is 10.0 Å². The zero-order valence-electron chi connectivity index (χ0n) is 26.2. The van der Waals surface area contributed by atoms with Crippen molar-refractivity contribution in [3.8, 4) is 0 Å². The summed E-state index contributed by atoms with van der Waals surface area (Å²) < 4.78 is 26.1. The number of aromatic nitrogens is 2. The van der Waals surface area contributed by atoms with Gasteiger partial charge in [0.2, 0.25) is 10.0 Å². The summed E-state index contributed by atoms with van der Waals surface area (Å²) in [4.78, 5) is 23.2. The lowest BCUT2D eigenvalue weighted by Gasteiger charge is -2.45. The number of sulfonamides is 1. The van der Waals surface area contributed by atoms with Gasteiger partial charge in [0.15, 0.2) is 0 Å². The Morgan fingerprint density at radius 1 is 0.911 bits per heavy atom. The Kier molecular flexibility index (Phi) is 7.82. The van der Waals surface area contributed by atoms with Gasteiger partial charge < -0.3 is 9.47 Å². The molecule has 0 radical (unpaired) electrons. The second kappa shape index (κ2) is 11.7. The number of fused-ring (bicyclic) bond motifs is 3. The van der Waals surface area contributed by atoms with Gasteiger partial charge in [-0.3, -0.25) is 9.69 Å². The van der Waals surface area contributed by atoms with E-state index in [4.69, 9.17) is 10.1 Å². The van der Waals surface area contributed by atoms with E-state index >= 15 is 0 Å². The summed E-state index contributed by atoms with van der Waals surface area (Å²) >= 11 is 0. The van der Waals surface area contributed by atoms with Gasteiger partial charge in [0.25, 0.3) is 5.91 Å². The quantitative estimate of drug-likeness (QED) is 0.283. The number of imidazole rings is 1. The third-order valence-corrected chi connectivity index (χ3v) is 11.9. The van der Waals surface area contributed by atoms with Crippen molar-refractivity contribution >= 4 is 27.0 Å². The first-order valence-electron chi connectivity index (χ1n) is 16.3. The number of para-hydroxylation sites is 2. The molecule has 2 N–H and O–H groups in total. The molecule has 3 aliphatic heterocycles. The molecule has 3 aromatic carbocycles. The third kappa shape index (κ3) is 5.59. The van der Waals surface area contributed by atoms with Crippen LogP contribution in [0, 0.1) is 13.8 Å². The van der Waals surface area contributed by atoms with Crippen molar-refractivity contribution in [1.82, 2.24) is 19.4 Å². The van der Waals surface area contributed by atoms with Crippen LogP contribution in [-0.2, 0) is 15.4 Å². The van der Waals surface area contributed by atoms with Crippen molar-refractivity contribution in [2.45, 2.75) is 87.2 Å². The maximum atomic E-state index is 13.6. The number of primary sulfonamides is 1. The molecule has 4 aromatic rings. The summed E-state index contributed by atoms with van der Waals surface area (Å²) in [5.74, 6) is 1.08. The lowest BCUT2D eigenvalue weighted by Crippen LogP contribution is -2.49. The Bertz CT molecular complexity index is 1810. The summed E-state index contributed by atoms with van der Waals surface area (Å²) in [5.41, 5.74) is 4.90. The highest BCUT2D eigenvalue weighted by molar-refractivity contribution is 7.89. The van der Waals surface area contributed by atoms with Gasteiger partial charge in [-0.1, -0.05) is 42.5 Å². The first kappa shape index (κ1) is 30.1. The minimum Gasteiger partial charge on any atom is -0.339 e. The number of carbonyl (C=O) groups excluding carboxylic acids is 1. The average molecular weight is 626 g/mol. The van der Waals surface area contributed by atoms with Gasteiger partial charge >= 0.3 is 0 Å². The van der Waals surface area contributed by atoms with E-state index in [2.05, 4.69) is 71.0 Å². The van der Waals surface area contributed by atoms with Gasteiger partial charge in [-0.05, 0) is 112 Å². The zero-order valence-corrected chi connectivity index (χ0v) is 27.0. The first-order chi connectivity index (χ1) is 21.6. The molecule has 1 unspecified atom stereocenters. The fourth-order valence-corrected chi connectivity index (χ4v) is 9.23. The summed E-state index contributed by atoms with van der Waals surface area (Å²) in [6.45, 7) is 6.34. The molecule has 3 atom stereocenters. The summed E-state index contributed by atoms with van der Waals surface area (Å²) in [6, 6.07) is 25.6. The smallest absolute Gasteiger partial charge is 0.254 e. The van der Waals surface area contributed by atoms with Crippen LogP contribution >= 0.6 is 0 Å². The van der Waals surface area contributed by atoms with E-state index in [1.165, 1.54) is 48.9 Å². The van der Waals surface area contributed by atoms with Crippen molar-refractivity contribution in [2.75, 3.05) is 19.6 Å². The Morgan fingerprint density at radius 2 is 1.58 bits per heavy atom. The predicted molar refractivity (Wildman–Crippen MR) is 177 cm³/mol. The minimum absolute atomic E-state index is 0.0119. The molecule has 4 heterocycles. The molecule has 0 spiro atoms. The Morgan fingerprint density at radius 3 is 2.24 bits per heavy atom. The molecule has 236 valence electrons. The minimum atomic E-state index is -3.82. The maximum Gasteiger partial charge on any atom is 0.254 e. The Hall–Kier alpha value is -3.53. The van der Waals surface area contributed by atoms with Crippen LogP contribution in [0.25, 0.3) is 11.0 Å². The van der Waals surface area contributed by atoms with Crippen LogP contribution in [0.15, 0.2) is 77.7 Å². The van der Waals surface area contributed by atoms with E-state index in [-0.39, 0.29) is 16.2 Å². The number of aryl methyl sites for hydroxylation is 2. The fourth-order valence-electron chi connectivity index (χ4n) is 8.63. The first-order valence-corrected chi connectivity index (χ1v) is 17.9. The Balaban J connectivity index is 1.06. The molecule has 9 heteroatoms. The molecule has 8 nitrogen and oxygen atoms in total. The molecule has 3 fully saturated rings. The van der Waals surface area contributed by atoms with Crippen LogP contribution in [0.2, 0.25) is 0 Å². The van der Waals surface area contributed by atoms with Crippen molar-refractivity contribution in [1.29, 1.82) is 0 Å². The van der Waals surface area contributed by atoms with Crippen molar-refractivity contribution in [3.05, 3.63) is 95.3 Å². The third-order valence-electron chi connectivity index (χ3n) is 11.0. The van der Waals surface area contributed by atoms with E-state index in [0.717, 1.165) is 37.1 Å². The average Bonchev–Trinajstić information content (AvgIpc) is 3.50. The van der Waals surface area contributed by atoms with Gasteiger partial charge in [0.1, 0.15) is 5.82 Å². The SMILES string of the molecule is Cc1cc(S(N)(=O)=O)ccc1C(=O)N1CCC(CCN2[C@@H]3CC[C@H]2CC(n2c(C)nc4ccccc42)C3)(c2ccccc2)CC1. The second-order valence-electron chi connectivity index (χ2n) is 13.5. The maximum absolute atomic E-state index is 13.6.